The monoisotopic (exact) mass is 374 g/mol. The summed E-state index contributed by atoms with van der Waals surface area (Å²) in [5, 5.41) is 3.06. The first-order valence-electron chi connectivity index (χ1n) is 10.2. The molecular weight excluding hydrogens is 344 g/mol. The summed E-state index contributed by atoms with van der Waals surface area (Å²) >= 11 is 0. The molecule has 0 unspecified atom stereocenters. The zero-order chi connectivity index (χ0) is 19.2. The van der Waals surface area contributed by atoms with Crippen LogP contribution in [-0.4, -0.2) is 48.1 Å². The lowest BCUT2D eigenvalue weighted by Gasteiger charge is -2.29. The molecule has 3 saturated heterocycles. The van der Waals surface area contributed by atoms with E-state index in [1.54, 1.807) is 13.0 Å². The van der Waals surface area contributed by atoms with Crippen molar-refractivity contribution in [2.75, 3.05) is 19.6 Å². The Morgan fingerprint density at radius 1 is 1.41 bits per heavy atom. The van der Waals surface area contributed by atoms with Gasteiger partial charge >= 0.3 is 0 Å². The maximum Gasteiger partial charge on any atom is 0.254 e. The number of amides is 2. The summed E-state index contributed by atoms with van der Waals surface area (Å²) in [6.45, 7) is 8.16. The fourth-order valence-corrected chi connectivity index (χ4v) is 5.15. The average molecular weight is 374 g/mol. The van der Waals surface area contributed by atoms with Gasteiger partial charge in [0.15, 0.2) is 0 Å². The molecule has 3 fully saturated rings. The second-order valence-electron chi connectivity index (χ2n) is 8.84. The first kappa shape index (κ1) is 18.5. The van der Waals surface area contributed by atoms with Crippen LogP contribution in [0.15, 0.2) is 16.7 Å². The summed E-state index contributed by atoms with van der Waals surface area (Å²) in [6.07, 6.45) is 5.34. The van der Waals surface area contributed by atoms with Crippen molar-refractivity contribution in [2.24, 2.45) is 17.8 Å². The van der Waals surface area contributed by atoms with Gasteiger partial charge in [-0.25, -0.2) is 0 Å². The van der Waals surface area contributed by atoms with Gasteiger partial charge in [0.05, 0.1) is 30.1 Å². The van der Waals surface area contributed by atoms with Gasteiger partial charge in [0.25, 0.3) is 5.91 Å². The van der Waals surface area contributed by atoms with Crippen LogP contribution in [0, 0.1) is 24.7 Å². The molecule has 2 amide bonds. The van der Waals surface area contributed by atoms with Gasteiger partial charge in [-0.05, 0) is 38.2 Å². The number of nitrogens with one attached hydrogen (secondary N) is 1. The third-order valence-electron chi connectivity index (χ3n) is 6.67. The van der Waals surface area contributed by atoms with E-state index < -0.39 is 0 Å². The number of likely N-dealkylation sites (tertiary alicyclic amines) is 1. The fraction of sp³-hybridized carbons (Fsp3) is 0.714. The molecule has 0 aliphatic carbocycles. The second-order valence-corrected chi connectivity index (χ2v) is 8.84. The van der Waals surface area contributed by atoms with Crippen LogP contribution in [-0.2, 0) is 9.53 Å². The van der Waals surface area contributed by atoms with Crippen LogP contribution in [0.3, 0.4) is 0 Å². The van der Waals surface area contributed by atoms with Crippen molar-refractivity contribution < 1.29 is 18.7 Å². The average Bonchev–Trinajstić information content (AvgIpc) is 3.37. The lowest BCUT2D eigenvalue weighted by molar-refractivity contribution is -0.132. The minimum absolute atomic E-state index is 0.0964. The smallest absolute Gasteiger partial charge is 0.254 e. The number of ether oxygens (including phenoxy) is 1. The summed E-state index contributed by atoms with van der Waals surface area (Å²) in [5.41, 5.74) is 0.407. The molecule has 0 saturated carbocycles. The van der Waals surface area contributed by atoms with Gasteiger partial charge in [0.2, 0.25) is 5.91 Å². The predicted octanol–water partition coefficient (Wildman–Crippen LogP) is 2.76. The SMILES string of the molecule is Cc1occc1C(=O)NC[C@H]1[C@H]2CN(C(=O)CCC(C)C)C[C@]23CC[C@H]1O3. The molecule has 4 atom stereocenters. The molecule has 6 nitrogen and oxygen atoms in total. The van der Waals surface area contributed by atoms with Crippen molar-refractivity contribution in [1.82, 2.24) is 10.2 Å². The maximum atomic E-state index is 12.6. The Labute approximate surface area is 160 Å². The van der Waals surface area contributed by atoms with E-state index in [0.29, 0.717) is 36.1 Å². The summed E-state index contributed by atoms with van der Waals surface area (Å²) in [6, 6.07) is 1.70. The van der Waals surface area contributed by atoms with Gasteiger partial charge in [-0.1, -0.05) is 13.8 Å². The number of carbonyl (C=O) groups excluding carboxylic acids is 2. The van der Waals surface area contributed by atoms with Crippen molar-refractivity contribution >= 4 is 11.8 Å². The molecule has 4 heterocycles. The summed E-state index contributed by atoms with van der Waals surface area (Å²) in [5.74, 6) is 1.92. The highest BCUT2D eigenvalue weighted by molar-refractivity contribution is 5.95. The van der Waals surface area contributed by atoms with Gasteiger partial charge in [-0.15, -0.1) is 0 Å². The molecule has 0 aromatic carbocycles. The van der Waals surface area contributed by atoms with Crippen LogP contribution >= 0.6 is 0 Å². The van der Waals surface area contributed by atoms with Crippen LogP contribution in [0.2, 0.25) is 0 Å². The Hall–Kier alpha value is -1.82. The summed E-state index contributed by atoms with van der Waals surface area (Å²) in [4.78, 5) is 27.0. The number of carbonyl (C=O) groups is 2. The zero-order valence-electron chi connectivity index (χ0n) is 16.5. The number of rotatable bonds is 6. The van der Waals surface area contributed by atoms with E-state index in [-0.39, 0.29) is 29.4 Å². The van der Waals surface area contributed by atoms with Crippen LogP contribution < -0.4 is 5.32 Å². The molecule has 4 rings (SSSR count). The number of aryl methyl sites for hydroxylation is 1. The fourth-order valence-electron chi connectivity index (χ4n) is 5.15. The highest BCUT2D eigenvalue weighted by atomic mass is 16.5. The molecule has 1 spiro atoms. The summed E-state index contributed by atoms with van der Waals surface area (Å²) in [7, 11) is 0. The van der Waals surface area contributed by atoms with E-state index in [1.165, 1.54) is 6.26 Å². The van der Waals surface area contributed by atoms with Gasteiger partial charge in [0, 0.05) is 31.3 Å². The third kappa shape index (κ3) is 3.28. The topological polar surface area (TPSA) is 71.8 Å². The molecule has 3 aliphatic heterocycles. The van der Waals surface area contributed by atoms with Crippen molar-refractivity contribution in [3.63, 3.8) is 0 Å². The van der Waals surface area contributed by atoms with E-state index in [9.17, 15) is 9.59 Å². The molecule has 2 bridgehead atoms. The molecule has 1 aromatic rings. The number of furan rings is 1. The maximum absolute atomic E-state index is 12.6. The van der Waals surface area contributed by atoms with Gasteiger partial charge < -0.3 is 19.4 Å². The van der Waals surface area contributed by atoms with Crippen LogP contribution in [0.25, 0.3) is 0 Å². The van der Waals surface area contributed by atoms with Crippen molar-refractivity contribution in [3.8, 4) is 0 Å². The Balaban J connectivity index is 1.39. The molecule has 27 heavy (non-hydrogen) atoms. The van der Waals surface area contributed by atoms with E-state index >= 15 is 0 Å². The molecule has 148 valence electrons. The standard InChI is InChI=1S/C21H30N2O4/c1-13(2)4-5-19(24)23-11-17-16(18-6-8-21(17,12-23)27-18)10-22-20(25)15-7-9-26-14(15)3/h7,9,13,16-18H,4-6,8,10-12H2,1-3H3,(H,22,25)/t16-,17+,18+,21+/m0/s1. The van der Waals surface area contributed by atoms with Crippen molar-refractivity contribution in [3.05, 3.63) is 23.7 Å². The van der Waals surface area contributed by atoms with Crippen LogP contribution in [0.1, 0.15) is 55.6 Å². The first-order valence-corrected chi connectivity index (χ1v) is 10.2. The first-order chi connectivity index (χ1) is 12.9. The molecule has 0 radical (unpaired) electrons. The third-order valence-corrected chi connectivity index (χ3v) is 6.67. The molecule has 1 N–H and O–H groups in total. The number of fused-ring (bicyclic) bond motifs is 1. The predicted molar refractivity (Wildman–Crippen MR) is 100 cm³/mol. The van der Waals surface area contributed by atoms with E-state index in [1.807, 2.05) is 4.90 Å². The highest BCUT2D eigenvalue weighted by Gasteiger charge is 2.63. The molecule has 6 heteroatoms. The lowest BCUT2D eigenvalue weighted by Crippen LogP contribution is -2.41. The van der Waals surface area contributed by atoms with Gasteiger partial charge in [-0.3, -0.25) is 9.59 Å². The van der Waals surface area contributed by atoms with Gasteiger partial charge in [0.1, 0.15) is 5.76 Å². The second kappa shape index (κ2) is 6.97. The van der Waals surface area contributed by atoms with Crippen molar-refractivity contribution in [2.45, 2.75) is 58.2 Å². The highest BCUT2D eigenvalue weighted by Crippen LogP contribution is 2.54. The molecular formula is C21H30N2O4. The minimum Gasteiger partial charge on any atom is -0.469 e. The van der Waals surface area contributed by atoms with Gasteiger partial charge in [-0.2, -0.15) is 0 Å². The number of hydrogen-bond acceptors (Lipinski definition) is 4. The molecule has 1 aromatic heterocycles. The van der Waals surface area contributed by atoms with E-state index in [4.69, 9.17) is 9.15 Å². The lowest BCUT2D eigenvalue weighted by atomic mass is 9.73. The quantitative estimate of drug-likeness (QED) is 0.831. The normalized spacial score (nSPS) is 31.6. The number of nitrogens with zero attached hydrogens (tertiary/aromatic N) is 1. The Morgan fingerprint density at radius 3 is 2.93 bits per heavy atom. The zero-order valence-corrected chi connectivity index (χ0v) is 16.5. The van der Waals surface area contributed by atoms with Crippen molar-refractivity contribution in [1.29, 1.82) is 0 Å². The van der Waals surface area contributed by atoms with Crippen LogP contribution in [0.4, 0.5) is 0 Å². The largest absolute Gasteiger partial charge is 0.469 e. The Kier molecular flexibility index (Phi) is 4.78. The molecule has 3 aliphatic rings. The van der Waals surface area contributed by atoms with E-state index in [0.717, 1.165) is 32.4 Å². The van der Waals surface area contributed by atoms with E-state index in [2.05, 4.69) is 19.2 Å². The Bertz CT molecular complexity index is 728. The van der Waals surface area contributed by atoms with Crippen LogP contribution in [0.5, 0.6) is 0 Å². The Morgan fingerprint density at radius 2 is 2.22 bits per heavy atom. The summed E-state index contributed by atoms with van der Waals surface area (Å²) < 4.78 is 11.6. The number of hydrogen-bond donors (Lipinski definition) is 1. The minimum atomic E-state index is -0.181.